The molecule has 4 aliphatic carbocycles. The van der Waals surface area contributed by atoms with E-state index in [1.165, 1.54) is 77.0 Å². The molecule has 0 heterocycles. The Hall–Kier alpha value is -0.820. The third-order valence-electron chi connectivity index (χ3n) is 8.28. The van der Waals surface area contributed by atoms with Gasteiger partial charge in [0.2, 0.25) is 0 Å². The van der Waals surface area contributed by atoms with Crippen molar-refractivity contribution < 1.29 is 5.11 Å². The van der Waals surface area contributed by atoms with Gasteiger partial charge in [0, 0.05) is 0 Å². The Morgan fingerprint density at radius 1 is 0.630 bits per heavy atom. The molecule has 0 aliphatic heterocycles. The van der Waals surface area contributed by atoms with E-state index in [1.54, 1.807) is 0 Å². The van der Waals surface area contributed by atoms with E-state index in [-0.39, 0.29) is 0 Å². The Bertz CT molecular complexity index is 527. The van der Waals surface area contributed by atoms with Crippen LogP contribution in [0.5, 0.6) is 0 Å². The van der Waals surface area contributed by atoms with Gasteiger partial charge in [-0.2, -0.15) is 0 Å². The number of hydrogen-bond acceptors (Lipinski definition) is 1. The summed E-state index contributed by atoms with van der Waals surface area (Å²) in [5.74, 6) is 3.48. The fourth-order valence-corrected chi connectivity index (χ4v) is 7.06. The summed E-state index contributed by atoms with van der Waals surface area (Å²) >= 11 is 0. The van der Waals surface area contributed by atoms with Crippen LogP contribution in [0.1, 0.15) is 89.9 Å². The third kappa shape index (κ3) is 4.44. The highest BCUT2D eigenvalue weighted by Crippen LogP contribution is 2.52. The van der Waals surface area contributed by atoms with Gasteiger partial charge in [0.25, 0.3) is 0 Å². The van der Waals surface area contributed by atoms with Gasteiger partial charge in [0.05, 0.1) is 5.60 Å². The molecule has 1 heteroatoms. The monoisotopic (exact) mass is 368 g/mol. The van der Waals surface area contributed by atoms with Crippen molar-refractivity contribution in [2.45, 2.75) is 95.5 Å². The topological polar surface area (TPSA) is 20.2 Å². The van der Waals surface area contributed by atoms with Crippen molar-refractivity contribution in [3.05, 3.63) is 36.5 Å². The van der Waals surface area contributed by atoms with E-state index in [2.05, 4.69) is 36.5 Å². The molecule has 150 valence electrons. The summed E-state index contributed by atoms with van der Waals surface area (Å²) in [7, 11) is 0. The molecule has 0 radical (unpaired) electrons. The lowest BCUT2D eigenvalue weighted by Gasteiger charge is -2.52. The van der Waals surface area contributed by atoms with Crippen molar-refractivity contribution in [3.8, 4) is 0 Å². The van der Waals surface area contributed by atoms with Crippen LogP contribution in [0.15, 0.2) is 36.5 Å². The summed E-state index contributed by atoms with van der Waals surface area (Å²) in [5, 5.41) is 12.1. The lowest BCUT2D eigenvalue weighted by atomic mass is 9.55. The van der Waals surface area contributed by atoms with Gasteiger partial charge in [0.15, 0.2) is 0 Å². The summed E-state index contributed by atoms with van der Waals surface area (Å²) in [6, 6.07) is 0. The highest BCUT2D eigenvalue weighted by atomic mass is 16.3. The molecule has 1 N–H and O–H groups in total. The minimum absolute atomic E-state index is 0.402. The Kier molecular flexibility index (Phi) is 6.58. The van der Waals surface area contributed by atoms with Crippen LogP contribution in [0.4, 0.5) is 0 Å². The fraction of sp³-hybridized carbons (Fsp3) is 0.769. The first-order valence-electron chi connectivity index (χ1n) is 12.0. The minimum Gasteiger partial charge on any atom is -0.390 e. The van der Waals surface area contributed by atoms with E-state index < -0.39 is 5.60 Å². The van der Waals surface area contributed by atoms with E-state index in [0.29, 0.717) is 17.8 Å². The zero-order chi connectivity index (χ0) is 18.5. The second-order valence-electron chi connectivity index (χ2n) is 9.90. The van der Waals surface area contributed by atoms with Crippen LogP contribution in [-0.4, -0.2) is 10.7 Å². The van der Waals surface area contributed by atoms with Crippen molar-refractivity contribution in [2.24, 2.45) is 29.6 Å². The van der Waals surface area contributed by atoms with E-state index in [9.17, 15) is 5.11 Å². The normalized spacial score (nSPS) is 35.7. The lowest BCUT2D eigenvalue weighted by Crippen LogP contribution is -2.51. The maximum atomic E-state index is 12.1. The number of aliphatic hydroxyl groups is 1. The van der Waals surface area contributed by atoms with E-state index >= 15 is 0 Å². The predicted molar refractivity (Wildman–Crippen MR) is 114 cm³/mol. The zero-order valence-corrected chi connectivity index (χ0v) is 17.2. The molecular weight excluding hydrogens is 328 g/mol. The van der Waals surface area contributed by atoms with E-state index in [0.717, 1.165) is 24.7 Å². The summed E-state index contributed by atoms with van der Waals surface area (Å²) in [4.78, 5) is 0. The third-order valence-corrected chi connectivity index (χ3v) is 8.28. The maximum Gasteiger partial charge on any atom is 0.0681 e. The van der Waals surface area contributed by atoms with Gasteiger partial charge in [-0.3, -0.25) is 0 Å². The van der Waals surface area contributed by atoms with Crippen molar-refractivity contribution >= 4 is 0 Å². The van der Waals surface area contributed by atoms with Gasteiger partial charge >= 0.3 is 0 Å². The molecule has 0 aromatic carbocycles. The fourth-order valence-electron chi connectivity index (χ4n) is 7.06. The molecule has 0 saturated heterocycles. The Morgan fingerprint density at radius 3 is 1.56 bits per heavy atom. The van der Waals surface area contributed by atoms with Crippen LogP contribution in [0.3, 0.4) is 0 Å². The second kappa shape index (κ2) is 9.12. The smallest absolute Gasteiger partial charge is 0.0681 e. The van der Waals surface area contributed by atoms with Gasteiger partial charge in [-0.1, -0.05) is 55.7 Å². The van der Waals surface area contributed by atoms with Gasteiger partial charge < -0.3 is 5.11 Å². The van der Waals surface area contributed by atoms with Gasteiger partial charge in [-0.25, -0.2) is 0 Å². The summed E-state index contributed by atoms with van der Waals surface area (Å²) in [6.45, 7) is 0. The molecular formula is C26H40O. The molecule has 0 aromatic rings. The zero-order valence-electron chi connectivity index (χ0n) is 17.2. The number of allylic oxidation sites excluding steroid dienone is 6. The molecule has 4 aliphatic rings. The molecule has 1 saturated carbocycles. The van der Waals surface area contributed by atoms with Crippen LogP contribution in [0.2, 0.25) is 0 Å². The SMILES string of the molecule is OC1(C(C2CC=CCC2)C(C2CC=CCC2)C2CC=CCC2)CCCCC1. The molecule has 4 rings (SSSR count). The summed E-state index contributed by atoms with van der Waals surface area (Å²) in [6.07, 6.45) is 31.8. The van der Waals surface area contributed by atoms with Gasteiger partial charge in [-0.15, -0.1) is 0 Å². The quantitative estimate of drug-likeness (QED) is 0.519. The van der Waals surface area contributed by atoms with Crippen LogP contribution in [0, 0.1) is 29.6 Å². The van der Waals surface area contributed by atoms with Gasteiger partial charge in [-0.05, 0) is 100 Å². The first kappa shape index (κ1) is 19.5. The van der Waals surface area contributed by atoms with Crippen LogP contribution in [0.25, 0.3) is 0 Å². The number of hydrogen-bond donors (Lipinski definition) is 1. The minimum atomic E-state index is -0.402. The average Bonchev–Trinajstić information content (AvgIpc) is 2.74. The molecule has 27 heavy (non-hydrogen) atoms. The van der Waals surface area contributed by atoms with Crippen molar-refractivity contribution in [2.75, 3.05) is 0 Å². The van der Waals surface area contributed by atoms with Crippen molar-refractivity contribution in [1.82, 2.24) is 0 Å². The Balaban J connectivity index is 1.68. The largest absolute Gasteiger partial charge is 0.390 e. The second-order valence-corrected chi connectivity index (χ2v) is 9.90. The van der Waals surface area contributed by atoms with Crippen LogP contribution < -0.4 is 0 Å². The van der Waals surface area contributed by atoms with Crippen molar-refractivity contribution in [1.29, 1.82) is 0 Å². The standard InChI is InChI=1S/C26H40O/c27-26(19-11-4-12-20-26)25(23-17-9-3-10-18-23)24(21-13-5-1-6-14-21)22-15-7-2-8-16-22/h1-3,5,7,9,21-25,27H,4,6,8,10-20H2. The van der Waals surface area contributed by atoms with Crippen molar-refractivity contribution in [3.63, 3.8) is 0 Å². The molecule has 1 fully saturated rings. The first-order valence-corrected chi connectivity index (χ1v) is 12.0. The molecule has 1 nitrogen and oxygen atoms in total. The molecule has 0 bridgehead atoms. The molecule has 0 aromatic heterocycles. The highest BCUT2D eigenvalue weighted by molar-refractivity contribution is 5.06. The summed E-state index contributed by atoms with van der Waals surface area (Å²) < 4.78 is 0. The lowest BCUT2D eigenvalue weighted by molar-refractivity contribution is -0.117. The molecule has 0 spiro atoms. The van der Waals surface area contributed by atoms with E-state index in [4.69, 9.17) is 0 Å². The highest BCUT2D eigenvalue weighted by Gasteiger charge is 2.49. The Morgan fingerprint density at radius 2 is 1.11 bits per heavy atom. The van der Waals surface area contributed by atoms with E-state index in [1.807, 2.05) is 0 Å². The van der Waals surface area contributed by atoms with Crippen LogP contribution >= 0.6 is 0 Å². The molecule has 0 amide bonds. The number of rotatable bonds is 5. The first-order chi connectivity index (χ1) is 13.3. The summed E-state index contributed by atoms with van der Waals surface area (Å²) in [5.41, 5.74) is -0.402. The maximum absolute atomic E-state index is 12.1. The molecule has 4 unspecified atom stereocenters. The molecule has 4 atom stereocenters. The predicted octanol–water partition coefficient (Wildman–Crippen LogP) is 6.98. The average molecular weight is 369 g/mol. The van der Waals surface area contributed by atoms with Gasteiger partial charge in [0.1, 0.15) is 0 Å². The Labute approximate surface area is 167 Å². The van der Waals surface area contributed by atoms with Crippen LogP contribution in [-0.2, 0) is 0 Å².